The van der Waals surface area contributed by atoms with Gasteiger partial charge in [-0.05, 0) is 29.5 Å². The van der Waals surface area contributed by atoms with Gasteiger partial charge >= 0.3 is 29.4 Å². The van der Waals surface area contributed by atoms with E-state index >= 15 is 0 Å². The Hall–Kier alpha value is -3.63. The average molecular weight is 519 g/mol. The highest BCUT2D eigenvalue weighted by Crippen LogP contribution is 2.39. The number of rotatable bonds is 3. The van der Waals surface area contributed by atoms with E-state index in [4.69, 9.17) is 0 Å². The summed E-state index contributed by atoms with van der Waals surface area (Å²) in [5.74, 6) is -1.61. The smallest absolute Gasteiger partial charge is 0.416 e. The molecular weight excluding hydrogens is 513 g/mol. The second kappa shape index (κ2) is 8.00. The third-order valence-electron chi connectivity index (χ3n) is 4.22. The summed E-state index contributed by atoms with van der Waals surface area (Å²) in [7, 11) is 0. The van der Waals surface area contributed by atoms with Crippen molar-refractivity contribution in [3.05, 3.63) is 67.4 Å². The summed E-state index contributed by atoms with van der Waals surface area (Å²) in [5.41, 5.74) is -8.32. The molecule has 0 bridgehead atoms. The van der Waals surface area contributed by atoms with Crippen LogP contribution in [0.4, 0.5) is 50.9 Å². The molecule has 17 heteroatoms. The van der Waals surface area contributed by atoms with Crippen LogP contribution in [0.2, 0.25) is 0 Å². The number of benzene rings is 2. The number of nitrogens with zero attached hydrogens (tertiary/aromatic N) is 2. The minimum atomic E-state index is -5.24. The van der Waals surface area contributed by atoms with Crippen molar-refractivity contribution in [1.29, 1.82) is 0 Å². The first-order valence-corrected chi connectivity index (χ1v) is 9.24. The van der Waals surface area contributed by atoms with Gasteiger partial charge < -0.3 is 10.5 Å². The Morgan fingerprint density at radius 3 is 1.76 bits per heavy atom. The first-order valence-electron chi connectivity index (χ1n) is 8.42. The zero-order valence-corrected chi connectivity index (χ0v) is 16.5. The van der Waals surface area contributed by atoms with Crippen LogP contribution in [0.3, 0.4) is 0 Å². The van der Waals surface area contributed by atoms with Gasteiger partial charge in [-0.2, -0.15) is 39.5 Å². The van der Waals surface area contributed by atoms with Crippen LogP contribution in [0.5, 0.6) is 0 Å². The molecule has 0 saturated heterocycles. The van der Waals surface area contributed by atoms with Crippen molar-refractivity contribution in [2.75, 3.05) is 5.32 Å². The van der Waals surface area contributed by atoms with E-state index in [2.05, 4.69) is 0 Å². The molecule has 0 aliphatic carbocycles. The van der Waals surface area contributed by atoms with Crippen LogP contribution < -0.4 is 10.0 Å². The number of nitrogens with one attached hydrogen (secondary N) is 1. The van der Waals surface area contributed by atoms with Crippen molar-refractivity contribution in [2.24, 2.45) is 0 Å². The molecule has 0 radical (unpaired) electrons. The predicted octanol–water partition coefficient (Wildman–Crippen LogP) is 5.75. The maximum Gasteiger partial charge on any atom is 0.416 e. The minimum absolute atomic E-state index is 0.0300. The normalized spacial score (nSPS) is 12.7. The van der Waals surface area contributed by atoms with Gasteiger partial charge in [-0.25, -0.2) is 0 Å². The Kier molecular flexibility index (Phi) is 5.88. The molecule has 0 spiro atoms. The summed E-state index contributed by atoms with van der Waals surface area (Å²) in [6.45, 7) is 0. The zero-order chi connectivity index (χ0) is 25.8. The van der Waals surface area contributed by atoms with Crippen LogP contribution in [-0.2, 0) is 18.5 Å². The van der Waals surface area contributed by atoms with E-state index in [1.807, 2.05) is 0 Å². The van der Waals surface area contributed by atoms with E-state index in [-0.39, 0.29) is 41.7 Å². The number of halogens is 9. The number of fused-ring (bicyclic) bond motifs is 1. The number of carbonyl (C=O) groups excluding carboxylic acids is 1. The lowest BCUT2D eigenvalue weighted by molar-refractivity contribution is -0.574. The molecule has 1 amide bonds. The molecule has 34 heavy (non-hydrogen) atoms. The Bertz CT molecular complexity index is 1280. The molecule has 0 aliphatic heterocycles. The standard InChI is InChI=1S/C17H6F9N3O4S/c18-15(19,20)6-1-7(16(21,22)23)3-9(2-6)27-13(30)14-28(31)10-4-8(17(24,25)26)5-11(29(32)33)12(10)34-14/h1-5H,(H,27,30). The molecule has 0 aliphatic rings. The molecule has 0 fully saturated rings. The molecule has 2 aromatic carbocycles. The van der Waals surface area contributed by atoms with E-state index in [9.17, 15) is 59.6 Å². The number of non-ortho nitro benzene ring substituents is 1. The van der Waals surface area contributed by atoms with E-state index in [0.29, 0.717) is 0 Å². The van der Waals surface area contributed by atoms with Gasteiger partial charge in [0.05, 0.1) is 21.6 Å². The molecular formula is C17H6F9N3O4S. The quantitative estimate of drug-likeness (QED) is 0.157. The number of amides is 1. The maximum absolute atomic E-state index is 13.0. The molecule has 1 heterocycles. The van der Waals surface area contributed by atoms with Crippen molar-refractivity contribution < 1.29 is 54.0 Å². The molecule has 0 saturated carbocycles. The lowest BCUT2D eigenvalue weighted by atomic mass is 10.1. The summed E-state index contributed by atoms with van der Waals surface area (Å²) in [4.78, 5) is 22.3. The topological polar surface area (TPSA) is 99.2 Å². The summed E-state index contributed by atoms with van der Waals surface area (Å²) in [5, 5.41) is 24.1. The number of aromatic nitrogens is 1. The molecule has 0 unspecified atom stereocenters. The van der Waals surface area contributed by atoms with Gasteiger partial charge in [-0.1, -0.05) is 0 Å². The number of thiazole rings is 1. The number of nitro benzene ring substituents is 1. The van der Waals surface area contributed by atoms with Crippen LogP contribution in [0.25, 0.3) is 10.2 Å². The number of nitro groups is 1. The fourth-order valence-electron chi connectivity index (χ4n) is 2.75. The van der Waals surface area contributed by atoms with Gasteiger partial charge in [0.25, 0.3) is 5.69 Å². The Balaban J connectivity index is 2.12. The zero-order valence-electron chi connectivity index (χ0n) is 15.7. The summed E-state index contributed by atoms with van der Waals surface area (Å²) in [6, 6.07) is 0.391. The highest BCUT2D eigenvalue weighted by atomic mass is 32.1. The third-order valence-corrected chi connectivity index (χ3v) is 5.38. The van der Waals surface area contributed by atoms with Gasteiger partial charge in [-0.3, -0.25) is 14.9 Å². The number of hydrogen-bond acceptors (Lipinski definition) is 5. The van der Waals surface area contributed by atoms with Gasteiger partial charge in [0, 0.05) is 17.8 Å². The van der Waals surface area contributed by atoms with Crippen LogP contribution in [0.15, 0.2) is 30.3 Å². The minimum Gasteiger partial charge on any atom is -0.617 e. The van der Waals surface area contributed by atoms with E-state index in [1.165, 1.54) is 0 Å². The molecule has 182 valence electrons. The molecule has 1 aromatic heterocycles. The van der Waals surface area contributed by atoms with E-state index < -0.39 is 77.4 Å². The third kappa shape index (κ3) is 4.82. The van der Waals surface area contributed by atoms with E-state index in [1.54, 1.807) is 5.32 Å². The van der Waals surface area contributed by atoms with Crippen molar-refractivity contribution >= 4 is 38.8 Å². The Labute approximate surface area is 184 Å². The largest absolute Gasteiger partial charge is 0.617 e. The highest BCUT2D eigenvalue weighted by molar-refractivity contribution is 7.20. The molecule has 0 atom stereocenters. The molecule has 7 nitrogen and oxygen atoms in total. The van der Waals surface area contributed by atoms with Gasteiger partial charge in [-0.15, -0.1) is 4.73 Å². The molecule has 1 N–H and O–H groups in total. The van der Waals surface area contributed by atoms with Gasteiger partial charge in [0.2, 0.25) is 5.52 Å². The highest BCUT2D eigenvalue weighted by Gasteiger charge is 2.39. The van der Waals surface area contributed by atoms with Crippen molar-refractivity contribution in [2.45, 2.75) is 18.5 Å². The predicted molar refractivity (Wildman–Crippen MR) is 96.8 cm³/mol. The lowest BCUT2D eigenvalue weighted by Crippen LogP contribution is -2.34. The second-order valence-electron chi connectivity index (χ2n) is 6.55. The molecule has 3 aromatic rings. The van der Waals surface area contributed by atoms with Crippen LogP contribution in [0, 0.1) is 15.3 Å². The van der Waals surface area contributed by atoms with Crippen LogP contribution in [0.1, 0.15) is 26.5 Å². The number of anilines is 1. The number of hydrogen-bond donors (Lipinski definition) is 1. The Morgan fingerprint density at radius 1 is 0.853 bits per heavy atom. The monoisotopic (exact) mass is 519 g/mol. The summed E-state index contributed by atoms with van der Waals surface area (Å²) >= 11 is 0.0300. The summed E-state index contributed by atoms with van der Waals surface area (Å²) < 4.78 is 116. The average Bonchev–Trinajstić information content (AvgIpc) is 3.01. The number of carbonyl (C=O) groups is 1. The fourth-order valence-corrected chi connectivity index (χ4v) is 3.75. The first-order chi connectivity index (χ1) is 15.4. The van der Waals surface area contributed by atoms with Gasteiger partial charge in [0.1, 0.15) is 0 Å². The van der Waals surface area contributed by atoms with Gasteiger partial charge in [0.15, 0.2) is 4.70 Å². The first kappa shape index (κ1) is 25.0. The Morgan fingerprint density at radius 2 is 1.32 bits per heavy atom. The summed E-state index contributed by atoms with van der Waals surface area (Å²) in [6.07, 6.45) is -15.6. The van der Waals surface area contributed by atoms with Crippen LogP contribution >= 0.6 is 11.3 Å². The lowest BCUT2D eigenvalue weighted by Gasteiger charge is -2.14. The van der Waals surface area contributed by atoms with Crippen molar-refractivity contribution in [1.82, 2.24) is 0 Å². The molecule has 3 rings (SSSR count). The SMILES string of the molecule is O=C(Nc1cc(C(F)(F)F)cc(C(F)(F)F)c1)c1sc2c([N+](=O)[O-])cc(C(F)(F)F)cc2[n+]1[O-]. The van der Waals surface area contributed by atoms with Crippen LogP contribution in [-0.4, -0.2) is 10.8 Å². The van der Waals surface area contributed by atoms with E-state index in [0.717, 1.165) is 0 Å². The second-order valence-corrected chi connectivity index (χ2v) is 7.55. The number of alkyl halides is 9. The van der Waals surface area contributed by atoms with Crippen molar-refractivity contribution in [3.63, 3.8) is 0 Å². The fraction of sp³-hybridized carbons (Fsp3) is 0.176. The van der Waals surface area contributed by atoms with Crippen molar-refractivity contribution in [3.8, 4) is 0 Å². The maximum atomic E-state index is 13.0.